The van der Waals surface area contributed by atoms with Gasteiger partial charge in [0.2, 0.25) is 5.91 Å². The first-order valence-corrected chi connectivity index (χ1v) is 13.9. The van der Waals surface area contributed by atoms with Gasteiger partial charge in [-0.2, -0.15) is 0 Å². The first-order valence-electron chi connectivity index (χ1n) is 13.2. The van der Waals surface area contributed by atoms with Gasteiger partial charge in [0, 0.05) is 10.8 Å². The normalized spacial score (nSPS) is 15.7. The topological polar surface area (TPSA) is 150 Å². The minimum Gasteiger partial charge on any atom is -0.506 e. The Labute approximate surface area is 254 Å². The summed E-state index contributed by atoms with van der Waals surface area (Å²) >= 11 is 12.6. The molecule has 4 aromatic carbocycles. The van der Waals surface area contributed by atoms with Crippen LogP contribution < -0.4 is 21.7 Å². The number of amides is 1. The maximum absolute atomic E-state index is 14.5. The summed E-state index contributed by atoms with van der Waals surface area (Å²) in [4.78, 5) is 55.8. The van der Waals surface area contributed by atoms with Crippen molar-refractivity contribution in [3.05, 3.63) is 126 Å². The molecule has 8 rings (SSSR count). The summed E-state index contributed by atoms with van der Waals surface area (Å²) in [5.74, 6) is -3.91. The van der Waals surface area contributed by atoms with E-state index < -0.39 is 60.9 Å². The van der Waals surface area contributed by atoms with E-state index in [1.165, 1.54) is 0 Å². The largest absolute Gasteiger partial charge is 0.506 e. The molecule has 0 saturated heterocycles. The van der Waals surface area contributed by atoms with Crippen molar-refractivity contribution < 1.29 is 28.3 Å². The van der Waals surface area contributed by atoms with E-state index in [0.717, 1.165) is 10.8 Å². The quantitative estimate of drug-likeness (QED) is 0.163. The van der Waals surface area contributed by atoms with Gasteiger partial charge in [0.1, 0.15) is 43.5 Å². The van der Waals surface area contributed by atoms with E-state index in [-0.39, 0.29) is 33.4 Å². The maximum atomic E-state index is 14.5. The molecule has 6 aromatic rings. The number of aliphatic hydroxyl groups excluding tert-OH is 1. The lowest BCUT2D eigenvalue weighted by molar-refractivity contribution is -0.122. The van der Waals surface area contributed by atoms with Crippen LogP contribution in [0.25, 0.3) is 43.5 Å². The first kappa shape index (κ1) is 26.3. The zero-order chi connectivity index (χ0) is 30.7. The lowest BCUT2D eigenvalue weighted by Crippen LogP contribution is -2.52. The van der Waals surface area contributed by atoms with Crippen LogP contribution in [0.5, 0.6) is 11.5 Å². The number of benzene rings is 4. The third-order valence-corrected chi connectivity index (χ3v) is 9.08. The van der Waals surface area contributed by atoms with Gasteiger partial charge in [0.15, 0.2) is 17.3 Å². The highest BCUT2D eigenvalue weighted by atomic mass is 35.5. The summed E-state index contributed by atoms with van der Waals surface area (Å²) in [5, 5.41) is 12.8. The van der Waals surface area contributed by atoms with Crippen molar-refractivity contribution in [1.82, 2.24) is 0 Å². The van der Waals surface area contributed by atoms with Crippen molar-refractivity contribution in [2.75, 3.05) is 0 Å². The molecule has 3 heterocycles. The molecule has 1 aliphatic heterocycles. The lowest BCUT2D eigenvalue weighted by atomic mass is 9.62. The van der Waals surface area contributed by atoms with Crippen LogP contribution in [0.15, 0.2) is 113 Å². The van der Waals surface area contributed by atoms with Crippen molar-refractivity contribution >= 4 is 78.4 Å². The van der Waals surface area contributed by atoms with Crippen LogP contribution in [0.3, 0.4) is 0 Å². The van der Waals surface area contributed by atoms with Crippen molar-refractivity contribution in [3.63, 3.8) is 0 Å². The number of ketones is 1. The average molecular weight is 624 g/mol. The van der Waals surface area contributed by atoms with Gasteiger partial charge >= 0.3 is 11.3 Å². The fourth-order valence-corrected chi connectivity index (χ4v) is 6.85. The van der Waals surface area contributed by atoms with Gasteiger partial charge in [0.05, 0.1) is 16.3 Å². The number of rotatable bonds is 1. The number of fused-ring (bicyclic) bond motifs is 12. The summed E-state index contributed by atoms with van der Waals surface area (Å²) in [6, 6.07) is 21.0. The second-order valence-electron chi connectivity index (χ2n) is 10.4. The van der Waals surface area contributed by atoms with Crippen molar-refractivity contribution in [2.24, 2.45) is 5.73 Å². The van der Waals surface area contributed by atoms with Crippen molar-refractivity contribution in [1.29, 1.82) is 0 Å². The molecule has 0 bridgehead atoms. The number of allylic oxidation sites excluding steroid dienone is 2. The Morgan fingerprint density at radius 1 is 0.682 bits per heavy atom. The summed E-state index contributed by atoms with van der Waals surface area (Å²) < 4.78 is 18.1. The third kappa shape index (κ3) is 3.09. The van der Waals surface area contributed by atoms with E-state index in [9.17, 15) is 24.3 Å². The second kappa shape index (κ2) is 8.82. The molecule has 1 amide bonds. The lowest BCUT2D eigenvalue weighted by Gasteiger charge is -2.39. The molecule has 1 aliphatic carbocycles. The SMILES string of the molecule is NC(=O)C1=C(O)C(Cl)=C(Cl)C(=O)C12c1c(c3ccc4ccccc4c3oc1=O)Oc1c2c(=O)oc2c1ccc1ccccc12. The molecule has 214 valence electrons. The number of Topliss-reactive ketones (excluding diaryl/α,β-unsaturated/α-hetero) is 1. The van der Waals surface area contributed by atoms with Gasteiger partial charge in [-0.05, 0) is 22.9 Å². The number of ether oxygens (including phenoxy) is 1. The summed E-state index contributed by atoms with van der Waals surface area (Å²) in [6.45, 7) is 0. The van der Waals surface area contributed by atoms with E-state index in [1.807, 2.05) is 24.3 Å². The second-order valence-corrected chi connectivity index (χ2v) is 11.2. The van der Waals surface area contributed by atoms with Crippen LogP contribution in [-0.4, -0.2) is 16.8 Å². The van der Waals surface area contributed by atoms with Gasteiger partial charge in [0.25, 0.3) is 0 Å². The number of carbonyl (C=O) groups is 2. The Morgan fingerprint density at radius 2 is 1.16 bits per heavy atom. The van der Waals surface area contributed by atoms with Crippen LogP contribution in [0.2, 0.25) is 0 Å². The Kier molecular flexibility index (Phi) is 5.27. The molecule has 3 N–H and O–H groups in total. The standard InChI is InChI=1S/C33H15Cl2NO8/c34-22-23(35)29(38)33(19(24(22)37)30(36)39)20-27(17-11-9-13-5-1-3-7-15(13)25(17)43-31(20)40)42-28-18-12-10-14-6-2-4-8-16(14)26(18)44-32(41)21(28)33/h1-12,37H,(H2,36,39). The maximum Gasteiger partial charge on any atom is 0.345 e. The van der Waals surface area contributed by atoms with Crippen molar-refractivity contribution in [2.45, 2.75) is 5.41 Å². The highest BCUT2D eigenvalue weighted by Crippen LogP contribution is 2.58. The Bertz CT molecular complexity index is 2420. The van der Waals surface area contributed by atoms with Crippen LogP contribution in [0.1, 0.15) is 11.1 Å². The van der Waals surface area contributed by atoms with Gasteiger partial charge in [-0.15, -0.1) is 0 Å². The highest BCUT2D eigenvalue weighted by molar-refractivity contribution is 6.52. The highest BCUT2D eigenvalue weighted by Gasteiger charge is 2.62. The predicted molar refractivity (Wildman–Crippen MR) is 163 cm³/mol. The molecule has 0 atom stereocenters. The first-order chi connectivity index (χ1) is 21.2. The molecule has 0 radical (unpaired) electrons. The Balaban J connectivity index is 1.65. The van der Waals surface area contributed by atoms with Gasteiger partial charge in [-0.1, -0.05) is 83.9 Å². The molecule has 0 unspecified atom stereocenters. The van der Waals surface area contributed by atoms with Gasteiger partial charge in [-0.3, -0.25) is 9.59 Å². The number of carbonyl (C=O) groups excluding carboxylic acids is 2. The number of hydrogen-bond acceptors (Lipinski definition) is 8. The minimum absolute atomic E-state index is 0.125. The third-order valence-electron chi connectivity index (χ3n) is 8.25. The zero-order valence-corrected chi connectivity index (χ0v) is 23.6. The Morgan fingerprint density at radius 3 is 1.64 bits per heavy atom. The van der Waals surface area contributed by atoms with Crippen molar-refractivity contribution in [3.8, 4) is 11.5 Å². The van der Waals surface area contributed by atoms with Gasteiger partial charge < -0.3 is 24.4 Å². The average Bonchev–Trinajstić information content (AvgIpc) is 3.02. The molecule has 44 heavy (non-hydrogen) atoms. The molecule has 9 nitrogen and oxygen atoms in total. The van der Waals surface area contributed by atoms with Gasteiger partial charge in [-0.25, -0.2) is 9.59 Å². The summed E-state index contributed by atoms with van der Waals surface area (Å²) in [6.07, 6.45) is 0. The molecule has 0 fully saturated rings. The van der Waals surface area contributed by atoms with E-state index in [1.54, 1.807) is 48.5 Å². The molecule has 0 saturated carbocycles. The van der Waals surface area contributed by atoms with Crippen LogP contribution >= 0.6 is 23.2 Å². The molecular weight excluding hydrogens is 609 g/mol. The van der Waals surface area contributed by atoms with E-state index in [4.69, 9.17) is 42.5 Å². The van der Waals surface area contributed by atoms with E-state index >= 15 is 0 Å². The van der Waals surface area contributed by atoms with Crippen LogP contribution in [0.4, 0.5) is 0 Å². The fraction of sp³-hybridized carbons (Fsp3) is 0.0303. The number of primary amides is 1. The molecule has 2 aromatic heterocycles. The van der Waals surface area contributed by atoms with E-state index in [0.29, 0.717) is 10.8 Å². The summed E-state index contributed by atoms with van der Waals surface area (Å²) in [5.41, 5.74) is -1.03. The number of aliphatic hydroxyl groups is 1. The molecule has 11 heteroatoms. The smallest absolute Gasteiger partial charge is 0.345 e. The molecule has 2 aliphatic rings. The number of hydrogen-bond donors (Lipinski definition) is 2. The van der Waals surface area contributed by atoms with Crippen LogP contribution in [-0.2, 0) is 15.0 Å². The van der Waals surface area contributed by atoms with Crippen LogP contribution in [0, 0.1) is 0 Å². The molecular formula is C33H15Cl2NO8. The molecule has 1 spiro atoms. The predicted octanol–water partition coefficient (Wildman–Crippen LogP) is 6.17. The minimum atomic E-state index is -2.74. The number of nitrogens with two attached hydrogens (primary N) is 1. The fourth-order valence-electron chi connectivity index (χ4n) is 6.44. The Hall–Kier alpha value is -5.38. The summed E-state index contributed by atoms with van der Waals surface area (Å²) in [7, 11) is 0. The zero-order valence-electron chi connectivity index (χ0n) is 22.1. The monoisotopic (exact) mass is 623 g/mol. The van der Waals surface area contributed by atoms with E-state index in [2.05, 4.69) is 0 Å². The number of halogens is 2.